The molecule has 0 atom stereocenters. The smallest absolute Gasteiger partial charge is 0.149 e. The Morgan fingerprint density at radius 2 is 0.638 bits per heavy atom. The number of rotatable bonds is 9. The Morgan fingerprint density at radius 3 is 0.894 bits per heavy atom. The van der Waals surface area contributed by atoms with Crippen molar-refractivity contribution < 1.29 is 0 Å². The molecule has 236 valence electrons. The fourth-order valence-electron chi connectivity index (χ4n) is 7.45. The average Bonchev–Trinajstić information content (AvgIpc) is 3.05. The van der Waals surface area contributed by atoms with E-state index in [-0.39, 0.29) is 0 Å². The van der Waals surface area contributed by atoms with Gasteiger partial charge < -0.3 is 0 Å². The molecule has 0 aliphatic rings. The van der Waals surface area contributed by atoms with Crippen molar-refractivity contribution in [2.75, 3.05) is 0 Å². The Kier molecular flexibility index (Phi) is 9.69. The molecule has 0 spiro atoms. The van der Waals surface area contributed by atoms with Crippen LogP contribution in [0.5, 0.6) is 0 Å². The summed E-state index contributed by atoms with van der Waals surface area (Å²) in [5, 5.41) is 3.96. The van der Waals surface area contributed by atoms with Gasteiger partial charge in [-0.25, -0.2) is 0 Å². The summed E-state index contributed by atoms with van der Waals surface area (Å²) in [7, 11) is -3.19. The van der Waals surface area contributed by atoms with Gasteiger partial charge >= 0.3 is 0 Å². The van der Waals surface area contributed by atoms with E-state index >= 15 is 0 Å². The van der Waals surface area contributed by atoms with E-state index in [0.29, 0.717) is 0 Å². The lowest BCUT2D eigenvalue weighted by atomic mass is 9.98. The van der Waals surface area contributed by atoms with Crippen LogP contribution in [-0.2, 0) is 19.3 Å². The van der Waals surface area contributed by atoms with Gasteiger partial charge in [0, 0.05) is 0 Å². The second-order valence-corrected chi connectivity index (χ2v) is 18.1. The summed E-state index contributed by atoms with van der Waals surface area (Å²) < 4.78 is 0. The monoisotopic (exact) mass is 648 g/mol. The molecule has 6 rings (SSSR count). The highest BCUT2D eigenvalue weighted by atomic mass is 35.6. The molecule has 2 heteroatoms. The predicted octanol–water partition coefficient (Wildman–Crippen LogP) is 9.52. The van der Waals surface area contributed by atoms with Crippen LogP contribution in [0.25, 0.3) is 0 Å². The fourth-order valence-corrected chi connectivity index (χ4v) is 13.2. The van der Waals surface area contributed by atoms with Crippen molar-refractivity contribution in [2.45, 2.75) is 60.8 Å². The van der Waals surface area contributed by atoms with E-state index in [1.807, 2.05) is 0 Å². The second-order valence-electron chi connectivity index (χ2n) is 13.5. The zero-order valence-corrected chi connectivity index (χ0v) is 30.4. The molecule has 0 aliphatic heterocycles. The fraction of sp³-hybridized carbons (Fsp3) is 0.200. The summed E-state index contributed by atoms with van der Waals surface area (Å²) in [4.78, 5) is 0. The molecule has 0 aromatic heterocycles. The van der Waals surface area contributed by atoms with Crippen LogP contribution in [0.3, 0.4) is 0 Å². The topological polar surface area (TPSA) is 0 Å². The number of aryl methyl sites for hydroxylation is 6. The standard InChI is InChI=1S/C45H45ClSi/c1-31-22-34(4)40(28-37-16-10-7-11-17-37)43(25-31)47(46,44-26-32(2)23-35(5)41(44)29-38-18-12-8-13-19-38)45-27-33(3)24-36(6)42(45)30-39-20-14-9-15-21-39/h7-27H,28-30H2,1-6H3. The maximum Gasteiger partial charge on any atom is 0.248 e. The van der Waals surface area contributed by atoms with Gasteiger partial charge in [0.1, 0.15) is 0 Å². The van der Waals surface area contributed by atoms with Gasteiger partial charge in [0.25, 0.3) is 0 Å². The molecule has 0 heterocycles. The molecule has 0 amide bonds. The zero-order valence-electron chi connectivity index (χ0n) is 28.6. The van der Waals surface area contributed by atoms with Crippen LogP contribution in [0.2, 0.25) is 0 Å². The lowest BCUT2D eigenvalue weighted by molar-refractivity contribution is 1.15. The molecule has 0 bridgehead atoms. The van der Waals surface area contributed by atoms with Crippen LogP contribution in [0.1, 0.15) is 66.8 Å². The minimum Gasteiger partial charge on any atom is -0.149 e. The lowest BCUT2D eigenvalue weighted by Gasteiger charge is -2.35. The van der Waals surface area contributed by atoms with Gasteiger partial charge in [-0.2, -0.15) is 0 Å². The molecular weight excluding hydrogens is 604 g/mol. The highest BCUT2D eigenvalue weighted by Crippen LogP contribution is 2.28. The van der Waals surface area contributed by atoms with Crippen LogP contribution in [0, 0.1) is 41.5 Å². The Labute approximate surface area is 287 Å². The average molecular weight is 649 g/mol. The first kappa shape index (κ1) is 32.8. The van der Waals surface area contributed by atoms with E-state index in [2.05, 4.69) is 169 Å². The quantitative estimate of drug-likeness (QED) is 0.0832. The van der Waals surface area contributed by atoms with E-state index in [1.165, 1.54) is 82.3 Å². The Bertz CT molecular complexity index is 1780. The highest BCUT2D eigenvalue weighted by Gasteiger charge is 2.44. The van der Waals surface area contributed by atoms with Crippen molar-refractivity contribution >= 4 is 34.0 Å². The molecule has 0 N–H and O–H groups in total. The first-order valence-corrected chi connectivity index (χ1v) is 19.8. The van der Waals surface area contributed by atoms with Crippen molar-refractivity contribution in [1.29, 1.82) is 0 Å². The molecule has 6 aromatic carbocycles. The summed E-state index contributed by atoms with van der Waals surface area (Å²) in [5.41, 5.74) is 15.7. The largest absolute Gasteiger partial charge is 0.248 e. The van der Waals surface area contributed by atoms with Crippen molar-refractivity contribution in [3.8, 4) is 0 Å². The zero-order chi connectivity index (χ0) is 33.1. The van der Waals surface area contributed by atoms with Crippen LogP contribution >= 0.6 is 11.1 Å². The molecule has 0 aliphatic carbocycles. The van der Waals surface area contributed by atoms with E-state index in [9.17, 15) is 0 Å². The van der Waals surface area contributed by atoms with Crippen molar-refractivity contribution in [1.82, 2.24) is 0 Å². The summed E-state index contributed by atoms with van der Waals surface area (Å²) in [6.07, 6.45) is 2.55. The van der Waals surface area contributed by atoms with Gasteiger partial charge in [-0.15, -0.1) is 11.1 Å². The van der Waals surface area contributed by atoms with E-state index < -0.39 is 7.38 Å². The van der Waals surface area contributed by atoms with Crippen LogP contribution in [0.4, 0.5) is 0 Å². The molecule has 6 aromatic rings. The highest BCUT2D eigenvalue weighted by molar-refractivity contribution is 7.40. The number of hydrogen-bond acceptors (Lipinski definition) is 0. The molecular formula is C45H45ClSi. The summed E-state index contributed by atoms with van der Waals surface area (Å²) in [6.45, 7) is 13.5. The maximum atomic E-state index is 8.80. The van der Waals surface area contributed by atoms with Crippen LogP contribution in [-0.4, -0.2) is 7.38 Å². The Hall–Kier alpha value is -4.17. The first-order valence-electron chi connectivity index (χ1n) is 16.8. The minimum atomic E-state index is -3.19. The van der Waals surface area contributed by atoms with Crippen LogP contribution in [0.15, 0.2) is 127 Å². The first-order chi connectivity index (χ1) is 22.6. The van der Waals surface area contributed by atoms with Gasteiger partial charge in [0.05, 0.1) is 0 Å². The maximum absolute atomic E-state index is 8.80. The third-order valence-electron chi connectivity index (χ3n) is 9.64. The van der Waals surface area contributed by atoms with Gasteiger partial charge in [0.2, 0.25) is 7.38 Å². The Morgan fingerprint density at radius 1 is 0.383 bits per heavy atom. The number of halogens is 1. The van der Waals surface area contributed by atoms with Crippen molar-refractivity contribution in [2.24, 2.45) is 0 Å². The molecule has 0 unspecified atom stereocenters. The molecule has 0 saturated carbocycles. The molecule has 0 nitrogen and oxygen atoms in total. The van der Waals surface area contributed by atoms with Crippen LogP contribution < -0.4 is 15.6 Å². The molecule has 0 radical (unpaired) electrons. The third-order valence-corrected chi connectivity index (χ3v) is 15.0. The summed E-state index contributed by atoms with van der Waals surface area (Å²) >= 11 is 8.80. The van der Waals surface area contributed by atoms with Gasteiger partial charge in [-0.05, 0) is 126 Å². The van der Waals surface area contributed by atoms with Crippen molar-refractivity contribution in [3.05, 3.63) is 194 Å². The minimum absolute atomic E-state index is 0.849. The van der Waals surface area contributed by atoms with Gasteiger partial charge in [0.15, 0.2) is 0 Å². The lowest BCUT2D eigenvalue weighted by Crippen LogP contribution is -2.66. The van der Waals surface area contributed by atoms with E-state index in [4.69, 9.17) is 11.1 Å². The normalized spacial score (nSPS) is 11.6. The van der Waals surface area contributed by atoms with E-state index in [0.717, 1.165) is 19.3 Å². The Balaban J connectivity index is 1.72. The predicted molar refractivity (Wildman–Crippen MR) is 206 cm³/mol. The molecule has 0 fully saturated rings. The third kappa shape index (κ3) is 6.93. The number of benzene rings is 6. The second kappa shape index (κ2) is 13.9. The molecule has 0 saturated heterocycles. The van der Waals surface area contributed by atoms with Gasteiger partial charge in [-0.1, -0.05) is 144 Å². The van der Waals surface area contributed by atoms with Gasteiger partial charge in [-0.3, -0.25) is 0 Å². The number of hydrogen-bond donors (Lipinski definition) is 0. The SMILES string of the molecule is Cc1cc(C)c(Cc2ccccc2)c([Si](Cl)(c2cc(C)cc(C)c2Cc2ccccc2)c2cc(C)cc(C)c2Cc2ccccc2)c1. The van der Waals surface area contributed by atoms with Crippen molar-refractivity contribution in [3.63, 3.8) is 0 Å². The van der Waals surface area contributed by atoms with E-state index in [1.54, 1.807) is 0 Å². The molecule has 47 heavy (non-hydrogen) atoms. The summed E-state index contributed by atoms with van der Waals surface area (Å²) in [6, 6.07) is 47.0. The summed E-state index contributed by atoms with van der Waals surface area (Å²) in [5.74, 6) is 0.